The number of hydrogen-bond acceptors (Lipinski definition) is 2. The fourth-order valence-electron chi connectivity index (χ4n) is 2.93. The highest BCUT2D eigenvalue weighted by Crippen LogP contribution is 2.26. The molecule has 0 unspecified atom stereocenters. The third-order valence-electron chi connectivity index (χ3n) is 3.39. The molecule has 1 aromatic carbocycles. The van der Waals surface area contributed by atoms with E-state index in [0.29, 0.717) is 10.0 Å². The number of hydrogen-bond donors (Lipinski definition) is 1. The molecule has 0 saturated carbocycles. The van der Waals surface area contributed by atoms with Crippen LogP contribution in [0.25, 0.3) is 0 Å². The second kappa shape index (κ2) is 7.28. The number of benzene rings is 1. The average molecular weight is 334 g/mol. The van der Waals surface area contributed by atoms with Crippen molar-refractivity contribution in [3.8, 4) is 0 Å². The Morgan fingerprint density at radius 3 is 2.20 bits per heavy atom. The maximum Gasteiger partial charge on any atom is 0.106 e. The van der Waals surface area contributed by atoms with E-state index < -0.39 is 8.96 Å². The number of nitrogens with zero attached hydrogens (tertiary/aromatic N) is 1. The minimum absolute atomic E-state index is 0.0595. The van der Waals surface area contributed by atoms with E-state index in [1.165, 1.54) is 0 Å². The molecule has 1 rings (SSSR count). The molecule has 0 fully saturated rings. The summed E-state index contributed by atoms with van der Waals surface area (Å²) in [5, 5.41) is 11.0. The summed E-state index contributed by atoms with van der Waals surface area (Å²) in [6.45, 7) is 11.4. The first kappa shape index (κ1) is 18.0. The monoisotopic (exact) mass is 333 g/mol. The molecule has 1 aromatic rings. The number of halogens is 2. The van der Waals surface area contributed by atoms with Gasteiger partial charge in [-0.2, -0.15) is 0 Å². The first-order valence-corrected chi connectivity index (χ1v) is 10.6. The van der Waals surface area contributed by atoms with E-state index in [1.54, 1.807) is 0 Å². The van der Waals surface area contributed by atoms with Gasteiger partial charge in [-0.05, 0) is 44.9 Å². The molecule has 0 aliphatic carbocycles. The molecular formula is C15H25Cl2NOSi. The van der Waals surface area contributed by atoms with Gasteiger partial charge in [-0.15, -0.1) is 0 Å². The lowest BCUT2D eigenvalue weighted by atomic mass is 10.0. The van der Waals surface area contributed by atoms with Crippen molar-refractivity contribution in [2.24, 2.45) is 0 Å². The van der Waals surface area contributed by atoms with Crippen molar-refractivity contribution in [3.63, 3.8) is 0 Å². The van der Waals surface area contributed by atoms with Gasteiger partial charge >= 0.3 is 0 Å². The maximum atomic E-state index is 9.82. The summed E-state index contributed by atoms with van der Waals surface area (Å²) in [7, 11) is -1.04. The molecule has 2 nitrogen and oxygen atoms in total. The summed E-state index contributed by atoms with van der Waals surface area (Å²) in [6.07, 6.45) is 0.788. The molecule has 0 saturated heterocycles. The lowest BCUT2D eigenvalue weighted by Gasteiger charge is -2.44. The molecule has 0 heterocycles. The Morgan fingerprint density at radius 1 is 1.20 bits per heavy atom. The van der Waals surface area contributed by atoms with Crippen LogP contribution in [0.3, 0.4) is 0 Å². The molecule has 0 aliphatic rings. The molecule has 0 radical (unpaired) electrons. The molecule has 0 amide bonds. The van der Waals surface area contributed by atoms with Crippen molar-refractivity contribution >= 4 is 32.2 Å². The van der Waals surface area contributed by atoms with Crippen molar-refractivity contribution in [1.29, 1.82) is 0 Å². The smallest absolute Gasteiger partial charge is 0.106 e. The highest BCUT2D eigenvalue weighted by molar-refractivity contribution is 6.52. The summed E-state index contributed by atoms with van der Waals surface area (Å²) in [6, 6.07) is 5.83. The Kier molecular flexibility index (Phi) is 6.54. The Morgan fingerprint density at radius 2 is 1.80 bits per heavy atom. The maximum absolute atomic E-state index is 9.82. The SMILES string of the molecule is C[SiH](C)N([C@H](CO)Cc1ccc(Cl)c(Cl)c1)C(C)(C)C. The predicted molar refractivity (Wildman–Crippen MR) is 91.5 cm³/mol. The summed E-state index contributed by atoms with van der Waals surface area (Å²) < 4.78 is 2.48. The Balaban J connectivity index is 2.97. The highest BCUT2D eigenvalue weighted by Gasteiger charge is 2.31. The third kappa shape index (κ3) is 4.74. The lowest BCUT2D eigenvalue weighted by Crippen LogP contribution is -2.56. The second-order valence-corrected chi connectivity index (χ2v) is 10.0. The average Bonchev–Trinajstić information content (AvgIpc) is 2.30. The van der Waals surface area contributed by atoms with Gasteiger partial charge < -0.3 is 9.67 Å². The van der Waals surface area contributed by atoms with Crippen LogP contribution in [0.15, 0.2) is 18.2 Å². The van der Waals surface area contributed by atoms with Crippen molar-refractivity contribution in [1.82, 2.24) is 4.57 Å². The Bertz CT molecular complexity index is 446. The van der Waals surface area contributed by atoms with Crippen LogP contribution in [0.5, 0.6) is 0 Å². The molecule has 0 aromatic heterocycles. The summed E-state index contributed by atoms with van der Waals surface area (Å²) in [5.41, 5.74) is 1.17. The second-order valence-electron chi connectivity index (χ2n) is 6.46. The number of aliphatic hydroxyl groups is 1. The minimum Gasteiger partial charge on any atom is -0.395 e. The van der Waals surface area contributed by atoms with E-state index in [9.17, 15) is 5.11 Å². The third-order valence-corrected chi connectivity index (χ3v) is 6.44. The lowest BCUT2D eigenvalue weighted by molar-refractivity contribution is 0.121. The molecule has 0 aliphatic heterocycles. The largest absolute Gasteiger partial charge is 0.395 e. The van der Waals surface area contributed by atoms with Crippen LogP contribution in [-0.2, 0) is 6.42 Å². The number of rotatable bonds is 5. The van der Waals surface area contributed by atoms with Crippen molar-refractivity contribution < 1.29 is 5.11 Å². The van der Waals surface area contributed by atoms with Crippen molar-refractivity contribution in [2.75, 3.05) is 6.61 Å². The molecule has 1 N–H and O–H groups in total. The molecule has 1 atom stereocenters. The van der Waals surface area contributed by atoms with Crippen molar-refractivity contribution in [3.05, 3.63) is 33.8 Å². The van der Waals surface area contributed by atoms with E-state index in [1.807, 2.05) is 18.2 Å². The summed E-state index contributed by atoms with van der Waals surface area (Å²) >= 11 is 12.0. The van der Waals surface area contributed by atoms with Crippen LogP contribution in [-0.4, -0.2) is 36.8 Å². The van der Waals surface area contributed by atoms with Gasteiger partial charge in [-0.3, -0.25) is 0 Å². The molecule has 20 heavy (non-hydrogen) atoms. The van der Waals surface area contributed by atoms with Gasteiger partial charge in [0.05, 0.1) is 16.7 Å². The van der Waals surface area contributed by atoms with Crippen molar-refractivity contribution in [2.45, 2.75) is 51.9 Å². The van der Waals surface area contributed by atoms with Gasteiger partial charge in [0, 0.05) is 11.6 Å². The zero-order chi connectivity index (χ0) is 15.5. The predicted octanol–water partition coefficient (Wildman–Crippen LogP) is 3.98. The zero-order valence-electron chi connectivity index (χ0n) is 13.0. The van der Waals surface area contributed by atoms with E-state index in [2.05, 4.69) is 38.4 Å². The highest BCUT2D eigenvalue weighted by atomic mass is 35.5. The topological polar surface area (TPSA) is 23.5 Å². The van der Waals surface area contributed by atoms with Gasteiger partial charge in [0.25, 0.3) is 0 Å². The molecule has 5 heteroatoms. The Hall–Kier alpha value is -0.0631. The van der Waals surface area contributed by atoms with Crippen LogP contribution < -0.4 is 0 Å². The van der Waals surface area contributed by atoms with Crippen LogP contribution in [0.2, 0.25) is 23.1 Å². The van der Waals surface area contributed by atoms with Gasteiger partial charge in [0.15, 0.2) is 0 Å². The Labute approximate surface area is 134 Å². The first-order valence-electron chi connectivity index (χ1n) is 7.00. The normalized spacial score (nSPS) is 14.1. The molecule has 0 bridgehead atoms. The van der Waals surface area contributed by atoms with Gasteiger partial charge in [-0.1, -0.05) is 42.4 Å². The summed E-state index contributed by atoms with van der Waals surface area (Å²) in [5.74, 6) is 0. The fourth-order valence-corrected chi connectivity index (χ4v) is 5.85. The van der Waals surface area contributed by atoms with Crippen LogP contribution >= 0.6 is 23.2 Å². The molecule has 0 spiro atoms. The van der Waals surface area contributed by atoms with Gasteiger partial charge in [-0.25, -0.2) is 0 Å². The van der Waals surface area contributed by atoms with E-state index in [4.69, 9.17) is 23.2 Å². The molecule has 114 valence electrons. The van der Waals surface area contributed by atoms with Crippen LogP contribution in [0.1, 0.15) is 26.3 Å². The van der Waals surface area contributed by atoms with Crippen LogP contribution in [0, 0.1) is 0 Å². The van der Waals surface area contributed by atoms with E-state index in [0.717, 1.165) is 12.0 Å². The standard InChI is InChI=1S/C15H25Cl2NOSi/c1-15(2,3)18(20(4)5)12(10-19)8-11-6-7-13(16)14(17)9-11/h6-7,9,12,19-20H,8,10H2,1-5H3/t12-/m0/s1. The van der Waals surface area contributed by atoms with Crippen LogP contribution in [0.4, 0.5) is 0 Å². The quantitative estimate of drug-likeness (QED) is 0.824. The fraction of sp³-hybridized carbons (Fsp3) is 0.600. The first-order chi connectivity index (χ1) is 9.16. The molecular weight excluding hydrogens is 309 g/mol. The summed E-state index contributed by atoms with van der Waals surface area (Å²) in [4.78, 5) is 0. The minimum atomic E-state index is -1.04. The van der Waals surface area contributed by atoms with Gasteiger partial charge in [0.1, 0.15) is 8.96 Å². The van der Waals surface area contributed by atoms with E-state index >= 15 is 0 Å². The van der Waals surface area contributed by atoms with E-state index in [-0.39, 0.29) is 18.2 Å². The zero-order valence-corrected chi connectivity index (χ0v) is 15.6. The van der Waals surface area contributed by atoms with Gasteiger partial charge in [0.2, 0.25) is 0 Å². The number of aliphatic hydroxyl groups excluding tert-OH is 1.